The van der Waals surface area contributed by atoms with Gasteiger partial charge in [0, 0.05) is 11.5 Å². The third-order valence-corrected chi connectivity index (χ3v) is 3.67. The lowest BCUT2D eigenvalue weighted by molar-refractivity contribution is 0.472. The molecule has 18 heavy (non-hydrogen) atoms. The summed E-state index contributed by atoms with van der Waals surface area (Å²) in [7, 11) is 0. The standard InChI is InChI=1S/C14H27N3S/c1-10(2)17-12(15)11(8-7-9-18-6)16-13(17)14(3,4)5/h10H,7-9,15H2,1-6H3. The van der Waals surface area contributed by atoms with Gasteiger partial charge in [-0.3, -0.25) is 0 Å². The number of hydrogen-bond acceptors (Lipinski definition) is 3. The molecule has 1 heterocycles. The Kier molecular flexibility index (Phi) is 5.14. The van der Waals surface area contributed by atoms with Crippen molar-refractivity contribution in [3.05, 3.63) is 11.5 Å². The predicted molar refractivity (Wildman–Crippen MR) is 82.4 cm³/mol. The first-order chi connectivity index (χ1) is 8.29. The van der Waals surface area contributed by atoms with E-state index in [-0.39, 0.29) is 5.41 Å². The number of rotatable bonds is 5. The van der Waals surface area contributed by atoms with Gasteiger partial charge in [-0.25, -0.2) is 4.98 Å². The van der Waals surface area contributed by atoms with Gasteiger partial charge in [0.1, 0.15) is 11.6 Å². The number of nitrogens with two attached hydrogens (primary N) is 1. The van der Waals surface area contributed by atoms with Gasteiger partial charge in [0.2, 0.25) is 0 Å². The summed E-state index contributed by atoms with van der Waals surface area (Å²) in [5.74, 6) is 3.13. The van der Waals surface area contributed by atoms with Crippen LogP contribution in [0.4, 0.5) is 5.82 Å². The van der Waals surface area contributed by atoms with E-state index in [1.165, 1.54) is 5.75 Å². The highest BCUT2D eigenvalue weighted by atomic mass is 32.2. The molecule has 0 radical (unpaired) electrons. The van der Waals surface area contributed by atoms with Gasteiger partial charge >= 0.3 is 0 Å². The van der Waals surface area contributed by atoms with Crippen molar-refractivity contribution in [1.29, 1.82) is 0 Å². The van der Waals surface area contributed by atoms with Crippen molar-refractivity contribution in [2.24, 2.45) is 0 Å². The van der Waals surface area contributed by atoms with Crippen molar-refractivity contribution < 1.29 is 0 Å². The van der Waals surface area contributed by atoms with Gasteiger partial charge in [-0.15, -0.1) is 0 Å². The zero-order chi connectivity index (χ0) is 13.9. The zero-order valence-corrected chi connectivity index (χ0v) is 13.4. The summed E-state index contributed by atoms with van der Waals surface area (Å²) in [5.41, 5.74) is 7.39. The van der Waals surface area contributed by atoms with E-state index < -0.39 is 0 Å². The molecule has 0 unspecified atom stereocenters. The molecule has 0 aliphatic rings. The normalized spacial score (nSPS) is 12.4. The molecule has 0 aliphatic carbocycles. The third-order valence-electron chi connectivity index (χ3n) is 2.97. The molecule has 0 amide bonds. The average molecular weight is 269 g/mol. The number of thioether (sulfide) groups is 1. The van der Waals surface area contributed by atoms with Crippen LogP contribution in [0.5, 0.6) is 0 Å². The van der Waals surface area contributed by atoms with Crippen LogP contribution >= 0.6 is 11.8 Å². The molecule has 1 rings (SSSR count). The van der Waals surface area contributed by atoms with Crippen molar-refractivity contribution in [1.82, 2.24) is 9.55 Å². The minimum atomic E-state index is 0.0378. The van der Waals surface area contributed by atoms with Gasteiger partial charge in [-0.1, -0.05) is 20.8 Å². The van der Waals surface area contributed by atoms with Crippen LogP contribution < -0.4 is 5.73 Å². The number of anilines is 1. The summed E-state index contributed by atoms with van der Waals surface area (Å²) in [6.45, 7) is 10.9. The second-order valence-corrected chi connectivity index (χ2v) is 7.06. The molecule has 0 aromatic carbocycles. The summed E-state index contributed by atoms with van der Waals surface area (Å²) >= 11 is 1.87. The van der Waals surface area contributed by atoms with E-state index in [0.29, 0.717) is 6.04 Å². The van der Waals surface area contributed by atoms with Crippen molar-refractivity contribution >= 4 is 17.6 Å². The smallest absolute Gasteiger partial charge is 0.127 e. The van der Waals surface area contributed by atoms with Crippen molar-refractivity contribution in [3.8, 4) is 0 Å². The Labute approximate surface area is 116 Å². The molecule has 4 heteroatoms. The Morgan fingerprint density at radius 1 is 1.33 bits per heavy atom. The van der Waals surface area contributed by atoms with Gasteiger partial charge in [-0.05, 0) is 38.7 Å². The number of nitrogen functional groups attached to an aromatic ring is 1. The first-order valence-electron chi connectivity index (χ1n) is 6.65. The molecule has 0 saturated carbocycles. The monoisotopic (exact) mass is 269 g/mol. The van der Waals surface area contributed by atoms with Crippen molar-refractivity contribution in [2.75, 3.05) is 17.7 Å². The van der Waals surface area contributed by atoms with E-state index in [9.17, 15) is 0 Å². The fourth-order valence-corrected chi connectivity index (χ4v) is 2.54. The van der Waals surface area contributed by atoms with Crippen LogP contribution in [0.3, 0.4) is 0 Å². The minimum absolute atomic E-state index is 0.0378. The number of aromatic nitrogens is 2. The lowest BCUT2D eigenvalue weighted by Gasteiger charge is -2.22. The van der Waals surface area contributed by atoms with E-state index >= 15 is 0 Å². The fourth-order valence-electron chi connectivity index (χ4n) is 2.11. The van der Waals surface area contributed by atoms with Gasteiger partial charge in [-0.2, -0.15) is 11.8 Å². The first-order valence-corrected chi connectivity index (χ1v) is 8.04. The van der Waals surface area contributed by atoms with Crippen molar-refractivity contribution in [3.63, 3.8) is 0 Å². The molecular formula is C14H27N3S. The highest BCUT2D eigenvalue weighted by Crippen LogP contribution is 2.29. The number of imidazole rings is 1. The molecule has 0 spiro atoms. The van der Waals surface area contributed by atoms with E-state index in [2.05, 4.69) is 45.4 Å². The summed E-state index contributed by atoms with van der Waals surface area (Å²) in [6.07, 6.45) is 4.26. The van der Waals surface area contributed by atoms with Gasteiger partial charge in [0.05, 0.1) is 5.69 Å². The number of aryl methyl sites for hydroxylation is 1. The van der Waals surface area contributed by atoms with Crippen LogP contribution in [0.1, 0.15) is 58.6 Å². The highest BCUT2D eigenvalue weighted by molar-refractivity contribution is 7.98. The van der Waals surface area contributed by atoms with Gasteiger partial charge < -0.3 is 10.3 Å². The average Bonchev–Trinajstić information content (AvgIpc) is 2.56. The molecule has 0 fully saturated rings. The maximum absolute atomic E-state index is 6.28. The Balaban J connectivity index is 3.08. The third kappa shape index (κ3) is 3.44. The largest absolute Gasteiger partial charge is 0.384 e. The van der Waals surface area contributed by atoms with E-state index in [1.54, 1.807) is 0 Å². The molecule has 104 valence electrons. The van der Waals surface area contributed by atoms with E-state index in [4.69, 9.17) is 10.7 Å². The molecule has 2 N–H and O–H groups in total. The van der Waals surface area contributed by atoms with E-state index in [0.717, 1.165) is 30.2 Å². The lowest BCUT2D eigenvalue weighted by atomic mass is 9.95. The molecule has 0 aliphatic heterocycles. The van der Waals surface area contributed by atoms with Crippen LogP contribution in [0.25, 0.3) is 0 Å². The second-order valence-electron chi connectivity index (χ2n) is 6.08. The summed E-state index contributed by atoms with van der Waals surface area (Å²) in [6, 6.07) is 0.362. The fraction of sp³-hybridized carbons (Fsp3) is 0.786. The summed E-state index contributed by atoms with van der Waals surface area (Å²) in [4.78, 5) is 4.80. The Hall–Kier alpha value is -0.640. The lowest BCUT2D eigenvalue weighted by Crippen LogP contribution is -2.21. The molecule has 0 saturated heterocycles. The topological polar surface area (TPSA) is 43.8 Å². The molecule has 0 bridgehead atoms. The van der Waals surface area contributed by atoms with Crippen LogP contribution in [0, 0.1) is 0 Å². The molecular weight excluding hydrogens is 242 g/mol. The predicted octanol–water partition coefficient (Wildman–Crippen LogP) is 3.64. The SMILES string of the molecule is CSCCCc1nc(C(C)(C)C)n(C(C)C)c1N. The number of nitrogens with zero attached hydrogens (tertiary/aromatic N) is 2. The molecule has 1 aromatic rings. The maximum Gasteiger partial charge on any atom is 0.127 e. The maximum atomic E-state index is 6.28. The Bertz CT molecular complexity index is 388. The first kappa shape index (κ1) is 15.4. The Morgan fingerprint density at radius 3 is 2.33 bits per heavy atom. The second kappa shape index (κ2) is 6.00. The van der Waals surface area contributed by atoms with Crippen LogP contribution in [0.15, 0.2) is 0 Å². The van der Waals surface area contributed by atoms with E-state index in [1.807, 2.05) is 11.8 Å². The molecule has 1 aromatic heterocycles. The molecule has 0 atom stereocenters. The molecule has 3 nitrogen and oxygen atoms in total. The minimum Gasteiger partial charge on any atom is -0.384 e. The zero-order valence-electron chi connectivity index (χ0n) is 12.6. The van der Waals surface area contributed by atoms with Gasteiger partial charge in [0.15, 0.2) is 0 Å². The number of hydrogen-bond donors (Lipinski definition) is 1. The van der Waals surface area contributed by atoms with Crippen molar-refractivity contribution in [2.45, 2.75) is 58.9 Å². The quantitative estimate of drug-likeness (QED) is 0.830. The summed E-state index contributed by atoms with van der Waals surface area (Å²) in [5, 5.41) is 0. The highest BCUT2D eigenvalue weighted by Gasteiger charge is 2.25. The van der Waals surface area contributed by atoms with Crippen LogP contribution in [-0.2, 0) is 11.8 Å². The van der Waals surface area contributed by atoms with Crippen LogP contribution in [-0.4, -0.2) is 21.6 Å². The van der Waals surface area contributed by atoms with Crippen LogP contribution in [0.2, 0.25) is 0 Å². The Morgan fingerprint density at radius 2 is 1.94 bits per heavy atom. The van der Waals surface area contributed by atoms with Gasteiger partial charge in [0.25, 0.3) is 0 Å². The summed E-state index contributed by atoms with van der Waals surface area (Å²) < 4.78 is 2.19.